The monoisotopic (exact) mass is 228 g/mol. The Morgan fingerprint density at radius 1 is 1.18 bits per heavy atom. The van der Waals surface area contributed by atoms with Gasteiger partial charge in [-0.1, -0.05) is 32.0 Å². The number of rotatable bonds is 4. The van der Waals surface area contributed by atoms with E-state index in [9.17, 15) is 0 Å². The molecule has 0 fully saturated rings. The van der Waals surface area contributed by atoms with Crippen molar-refractivity contribution >= 4 is 10.8 Å². The Morgan fingerprint density at radius 3 is 2.76 bits per heavy atom. The molecule has 1 aromatic heterocycles. The second-order valence-corrected chi connectivity index (χ2v) is 4.97. The number of fused-ring (bicyclic) bond motifs is 1. The average Bonchev–Trinajstić information content (AvgIpc) is 2.35. The van der Waals surface area contributed by atoms with E-state index in [2.05, 4.69) is 55.3 Å². The highest BCUT2D eigenvalue weighted by Gasteiger charge is 2.08. The first-order valence-corrected chi connectivity index (χ1v) is 6.24. The first-order valence-electron chi connectivity index (χ1n) is 6.24. The van der Waals surface area contributed by atoms with Crippen LogP contribution in [0.5, 0.6) is 0 Å². The molecule has 0 aliphatic heterocycles. The quantitative estimate of drug-likeness (QED) is 0.865. The summed E-state index contributed by atoms with van der Waals surface area (Å²) in [5.74, 6) is 0.675. The van der Waals surface area contributed by atoms with E-state index in [0.717, 1.165) is 6.54 Å². The van der Waals surface area contributed by atoms with Gasteiger partial charge in [0, 0.05) is 23.8 Å². The number of benzene rings is 1. The summed E-state index contributed by atoms with van der Waals surface area (Å²) in [6, 6.07) is 8.88. The zero-order valence-electron chi connectivity index (χ0n) is 10.8. The van der Waals surface area contributed by atoms with Gasteiger partial charge in [0.2, 0.25) is 0 Å². The van der Waals surface area contributed by atoms with Gasteiger partial charge in [-0.05, 0) is 36.4 Å². The second kappa shape index (κ2) is 5.28. The minimum Gasteiger partial charge on any atom is -0.310 e. The number of aromatic nitrogens is 1. The van der Waals surface area contributed by atoms with Crippen LogP contribution in [0.25, 0.3) is 10.8 Å². The summed E-state index contributed by atoms with van der Waals surface area (Å²) in [7, 11) is 0. The number of hydrogen-bond donors (Lipinski definition) is 1. The Morgan fingerprint density at radius 2 is 2.00 bits per heavy atom. The van der Waals surface area contributed by atoms with Crippen LogP contribution in [0.3, 0.4) is 0 Å². The molecule has 90 valence electrons. The first-order chi connectivity index (χ1) is 8.18. The zero-order valence-corrected chi connectivity index (χ0v) is 10.8. The molecule has 2 rings (SSSR count). The molecule has 0 saturated heterocycles. The predicted molar refractivity (Wildman–Crippen MR) is 73.0 cm³/mol. The summed E-state index contributed by atoms with van der Waals surface area (Å²) in [5.41, 5.74) is 1.35. The third-order valence-corrected chi connectivity index (χ3v) is 3.01. The van der Waals surface area contributed by atoms with Gasteiger partial charge >= 0.3 is 0 Å². The molecule has 0 saturated carbocycles. The van der Waals surface area contributed by atoms with Crippen molar-refractivity contribution in [3.8, 4) is 0 Å². The molecule has 1 aromatic carbocycles. The number of nitrogens with one attached hydrogen (secondary N) is 1. The molecule has 2 nitrogen and oxygen atoms in total. The highest BCUT2D eigenvalue weighted by Crippen LogP contribution is 2.23. The molecular formula is C15H20N2. The van der Waals surface area contributed by atoms with Crippen molar-refractivity contribution in [3.63, 3.8) is 0 Å². The van der Waals surface area contributed by atoms with Gasteiger partial charge in [-0.3, -0.25) is 4.98 Å². The van der Waals surface area contributed by atoms with Gasteiger partial charge < -0.3 is 5.32 Å². The third kappa shape index (κ3) is 2.83. The van der Waals surface area contributed by atoms with Crippen LogP contribution in [0, 0.1) is 5.92 Å². The molecule has 1 atom stereocenters. The van der Waals surface area contributed by atoms with Crippen LogP contribution in [0.4, 0.5) is 0 Å². The third-order valence-electron chi connectivity index (χ3n) is 3.01. The average molecular weight is 228 g/mol. The lowest BCUT2D eigenvalue weighted by Crippen LogP contribution is -2.23. The van der Waals surface area contributed by atoms with Crippen molar-refractivity contribution in [1.29, 1.82) is 0 Å². The van der Waals surface area contributed by atoms with E-state index in [4.69, 9.17) is 0 Å². The Kier molecular flexibility index (Phi) is 3.75. The molecule has 1 unspecified atom stereocenters. The second-order valence-electron chi connectivity index (χ2n) is 4.97. The Hall–Kier alpha value is -1.41. The highest BCUT2D eigenvalue weighted by molar-refractivity contribution is 5.85. The normalized spacial score (nSPS) is 13.2. The molecule has 2 heteroatoms. The molecule has 17 heavy (non-hydrogen) atoms. The van der Waals surface area contributed by atoms with Gasteiger partial charge in [-0.25, -0.2) is 0 Å². The fourth-order valence-corrected chi connectivity index (χ4v) is 2.05. The maximum atomic E-state index is 4.17. The highest BCUT2D eigenvalue weighted by atomic mass is 14.9. The van der Waals surface area contributed by atoms with Crippen molar-refractivity contribution in [2.24, 2.45) is 5.92 Å². The maximum absolute atomic E-state index is 4.17. The molecular weight excluding hydrogens is 208 g/mol. The molecule has 0 amide bonds. The van der Waals surface area contributed by atoms with E-state index in [1.165, 1.54) is 16.3 Å². The summed E-state index contributed by atoms with van der Waals surface area (Å²) in [6.45, 7) is 7.72. The lowest BCUT2D eigenvalue weighted by Gasteiger charge is -2.17. The topological polar surface area (TPSA) is 24.9 Å². The summed E-state index contributed by atoms with van der Waals surface area (Å²) in [4.78, 5) is 4.17. The number of pyridine rings is 1. The largest absolute Gasteiger partial charge is 0.310 e. The molecule has 0 radical (unpaired) electrons. The summed E-state index contributed by atoms with van der Waals surface area (Å²) in [5, 5.41) is 6.08. The van der Waals surface area contributed by atoms with Crippen LogP contribution < -0.4 is 5.32 Å². The minimum atomic E-state index is 0.378. The lowest BCUT2D eigenvalue weighted by molar-refractivity contribution is 0.498. The van der Waals surface area contributed by atoms with E-state index < -0.39 is 0 Å². The van der Waals surface area contributed by atoms with Crippen molar-refractivity contribution in [3.05, 3.63) is 42.2 Å². The first kappa shape index (κ1) is 12.1. The Balaban J connectivity index is 2.28. The Bertz CT molecular complexity index is 486. The van der Waals surface area contributed by atoms with Crippen LogP contribution in [0.1, 0.15) is 32.4 Å². The van der Waals surface area contributed by atoms with Crippen LogP contribution in [0.15, 0.2) is 36.7 Å². The summed E-state index contributed by atoms with van der Waals surface area (Å²) >= 11 is 0. The molecule has 1 heterocycles. The smallest absolute Gasteiger partial charge is 0.0346 e. The van der Waals surface area contributed by atoms with Crippen molar-refractivity contribution in [2.45, 2.75) is 26.8 Å². The zero-order chi connectivity index (χ0) is 12.3. The minimum absolute atomic E-state index is 0.378. The molecule has 1 N–H and O–H groups in total. The van der Waals surface area contributed by atoms with Crippen molar-refractivity contribution in [2.75, 3.05) is 6.54 Å². The van der Waals surface area contributed by atoms with Crippen LogP contribution in [0.2, 0.25) is 0 Å². The fourth-order valence-electron chi connectivity index (χ4n) is 2.05. The van der Waals surface area contributed by atoms with E-state index in [1.807, 2.05) is 12.4 Å². The van der Waals surface area contributed by atoms with Crippen LogP contribution >= 0.6 is 0 Å². The predicted octanol–water partition coefficient (Wildman–Crippen LogP) is 3.54. The fraction of sp³-hybridized carbons (Fsp3) is 0.400. The van der Waals surface area contributed by atoms with Gasteiger partial charge in [0.15, 0.2) is 0 Å². The van der Waals surface area contributed by atoms with E-state index >= 15 is 0 Å². The lowest BCUT2D eigenvalue weighted by atomic mass is 10.0. The van der Waals surface area contributed by atoms with Crippen LogP contribution in [-0.4, -0.2) is 11.5 Å². The Labute approximate surface area is 103 Å². The van der Waals surface area contributed by atoms with Gasteiger partial charge in [0.1, 0.15) is 0 Å². The van der Waals surface area contributed by atoms with Gasteiger partial charge in [0.05, 0.1) is 0 Å². The van der Waals surface area contributed by atoms with Gasteiger partial charge in [-0.15, -0.1) is 0 Å². The number of nitrogens with zero attached hydrogens (tertiary/aromatic N) is 1. The molecule has 0 aliphatic rings. The SMILES string of the molecule is CC(C)CNC(C)c1cccc2cnccc12. The molecule has 0 spiro atoms. The maximum Gasteiger partial charge on any atom is 0.0346 e. The summed E-state index contributed by atoms with van der Waals surface area (Å²) < 4.78 is 0. The molecule has 0 aliphatic carbocycles. The van der Waals surface area contributed by atoms with Crippen LogP contribution in [-0.2, 0) is 0 Å². The van der Waals surface area contributed by atoms with E-state index in [1.54, 1.807) is 0 Å². The van der Waals surface area contributed by atoms with Gasteiger partial charge in [-0.2, -0.15) is 0 Å². The molecule has 2 aromatic rings. The number of hydrogen-bond acceptors (Lipinski definition) is 2. The van der Waals surface area contributed by atoms with Gasteiger partial charge in [0.25, 0.3) is 0 Å². The van der Waals surface area contributed by atoms with Crippen molar-refractivity contribution in [1.82, 2.24) is 10.3 Å². The van der Waals surface area contributed by atoms with Crippen molar-refractivity contribution < 1.29 is 0 Å². The van der Waals surface area contributed by atoms with E-state index in [0.29, 0.717) is 12.0 Å². The summed E-state index contributed by atoms with van der Waals surface area (Å²) in [6.07, 6.45) is 3.79. The van der Waals surface area contributed by atoms with E-state index in [-0.39, 0.29) is 0 Å². The molecule has 0 bridgehead atoms. The standard InChI is InChI=1S/C15H20N2/c1-11(2)9-17-12(3)14-6-4-5-13-10-16-8-7-15(13)14/h4-8,10-12,17H,9H2,1-3H3.